The summed E-state index contributed by atoms with van der Waals surface area (Å²) in [5, 5.41) is 3.73. The molecule has 2 aliphatic rings. The van der Waals surface area contributed by atoms with E-state index in [4.69, 9.17) is 0 Å². The molecule has 0 aromatic rings. The zero-order valence-corrected chi connectivity index (χ0v) is 17.7. The zero-order chi connectivity index (χ0) is 18.8. The minimum atomic E-state index is 0.550. The molecule has 1 N–H and O–H groups in total. The maximum Gasteiger partial charge on any atom is -0.00463 e. The van der Waals surface area contributed by atoms with Crippen LogP contribution in [0.2, 0.25) is 0 Å². The molecule has 0 bridgehead atoms. The van der Waals surface area contributed by atoms with Gasteiger partial charge in [0.05, 0.1) is 0 Å². The van der Waals surface area contributed by atoms with Gasteiger partial charge in [-0.05, 0) is 67.9 Å². The third-order valence-electron chi connectivity index (χ3n) is 5.99. The van der Waals surface area contributed by atoms with Crippen molar-refractivity contribution in [3.8, 4) is 0 Å². The van der Waals surface area contributed by atoms with Gasteiger partial charge in [0.25, 0.3) is 0 Å². The SMILES string of the molecule is C=CC=C.CC1(C)CC(CCNCCC2CCCCC2)CC(C)(C)C1. The maximum absolute atomic E-state index is 3.73. The van der Waals surface area contributed by atoms with Crippen molar-refractivity contribution in [2.75, 3.05) is 13.1 Å². The topological polar surface area (TPSA) is 12.0 Å². The Bertz CT molecular complexity index is 352. The Balaban J connectivity index is 0.000000705. The van der Waals surface area contributed by atoms with E-state index >= 15 is 0 Å². The van der Waals surface area contributed by atoms with Crippen molar-refractivity contribution in [2.24, 2.45) is 22.7 Å². The lowest BCUT2D eigenvalue weighted by atomic mass is 9.61. The van der Waals surface area contributed by atoms with Crippen molar-refractivity contribution in [3.05, 3.63) is 25.3 Å². The van der Waals surface area contributed by atoms with E-state index < -0.39 is 0 Å². The van der Waals surface area contributed by atoms with Crippen molar-refractivity contribution in [1.82, 2.24) is 5.32 Å². The van der Waals surface area contributed by atoms with Crippen LogP contribution in [0.5, 0.6) is 0 Å². The fraction of sp³-hybridized carbons (Fsp3) is 0.833. The minimum absolute atomic E-state index is 0.550. The quantitative estimate of drug-likeness (QED) is 0.381. The second-order valence-corrected chi connectivity index (χ2v) is 10.1. The van der Waals surface area contributed by atoms with Crippen LogP contribution in [-0.4, -0.2) is 13.1 Å². The van der Waals surface area contributed by atoms with E-state index in [0.29, 0.717) is 10.8 Å². The largest absolute Gasteiger partial charge is 0.317 e. The minimum Gasteiger partial charge on any atom is -0.317 e. The Morgan fingerprint density at radius 3 is 1.76 bits per heavy atom. The molecule has 2 saturated carbocycles. The molecular weight excluding hydrogens is 302 g/mol. The third kappa shape index (κ3) is 10.2. The van der Waals surface area contributed by atoms with E-state index in [0.717, 1.165) is 11.8 Å². The molecule has 0 amide bonds. The molecule has 0 spiro atoms. The molecule has 0 atom stereocenters. The molecule has 0 aromatic carbocycles. The van der Waals surface area contributed by atoms with Crippen molar-refractivity contribution in [2.45, 2.75) is 91.9 Å². The number of nitrogens with one attached hydrogen (secondary N) is 1. The summed E-state index contributed by atoms with van der Waals surface area (Å²) in [6.45, 7) is 19.1. The van der Waals surface area contributed by atoms with E-state index in [2.05, 4.69) is 46.2 Å². The predicted molar refractivity (Wildman–Crippen MR) is 114 cm³/mol. The van der Waals surface area contributed by atoms with E-state index in [1.165, 1.54) is 77.3 Å². The van der Waals surface area contributed by atoms with Crippen LogP contribution in [-0.2, 0) is 0 Å². The fourth-order valence-corrected chi connectivity index (χ4v) is 5.49. The summed E-state index contributed by atoms with van der Waals surface area (Å²) in [6, 6.07) is 0. The molecule has 0 heterocycles. The molecule has 0 aliphatic heterocycles. The lowest BCUT2D eigenvalue weighted by molar-refractivity contribution is 0.0639. The Labute approximate surface area is 158 Å². The molecule has 0 unspecified atom stereocenters. The van der Waals surface area contributed by atoms with Crippen LogP contribution >= 0.6 is 0 Å². The molecule has 2 rings (SSSR count). The Morgan fingerprint density at radius 2 is 1.28 bits per heavy atom. The Hall–Kier alpha value is -0.560. The number of hydrogen-bond donors (Lipinski definition) is 1. The van der Waals surface area contributed by atoms with Crippen LogP contribution in [0, 0.1) is 22.7 Å². The maximum atomic E-state index is 3.73. The first kappa shape index (κ1) is 22.5. The van der Waals surface area contributed by atoms with E-state index in [1.54, 1.807) is 12.2 Å². The normalized spacial score (nSPS) is 23.4. The highest BCUT2D eigenvalue weighted by molar-refractivity contribution is 4.89. The molecule has 1 heteroatoms. The highest BCUT2D eigenvalue weighted by Gasteiger charge is 2.37. The highest BCUT2D eigenvalue weighted by Crippen LogP contribution is 2.49. The second kappa shape index (κ2) is 11.2. The van der Waals surface area contributed by atoms with E-state index in [9.17, 15) is 0 Å². The van der Waals surface area contributed by atoms with Gasteiger partial charge in [0.15, 0.2) is 0 Å². The van der Waals surface area contributed by atoms with Crippen LogP contribution in [0.4, 0.5) is 0 Å². The van der Waals surface area contributed by atoms with Crippen molar-refractivity contribution < 1.29 is 0 Å². The predicted octanol–water partition coefficient (Wildman–Crippen LogP) is 7.15. The average Bonchev–Trinajstić information content (AvgIpc) is 2.53. The van der Waals surface area contributed by atoms with Gasteiger partial charge < -0.3 is 5.32 Å². The zero-order valence-electron chi connectivity index (χ0n) is 17.7. The van der Waals surface area contributed by atoms with Crippen molar-refractivity contribution in [3.63, 3.8) is 0 Å². The molecule has 1 nitrogen and oxygen atoms in total. The summed E-state index contributed by atoms with van der Waals surface area (Å²) in [5.74, 6) is 1.96. The van der Waals surface area contributed by atoms with Crippen LogP contribution in [0.15, 0.2) is 25.3 Å². The summed E-state index contributed by atoms with van der Waals surface area (Å²) in [6.07, 6.45) is 17.8. The van der Waals surface area contributed by atoms with Crippen LogP contribution in [0.1, 0.15) is 91.9 Å². The highest BCUT2D eigenvalue weighted by atomic mass is 14.8. The van der Waals surface area contributed by atoms with Crippen LogP contribution < -0.4 is 5.32 Å². The van der Waals surface area contributed by atoms with Gasteiger partial charge in [-0.15, -0.1) is 0 Å². The first-order valence-corrected chi connectivity index (χ1v) is 10.7. The fourth-order valence-electron chi connectivity index (χ4n) is 5.49. The molecule has 25 heavy (non-hydrogen) atoms. The summed E-state index contributed by atoms with van der Waals surface area (Å²) in [5.41, 5.74) is 1.10. The Morgan fingerprint density at radius 1 is 0.800 bits per heavy atom. The molecular formula is C24H45N. The smallest absolute Gasteiger partial charge is 0.00463 e. The van der Waals surface area contributed by atoms with Gasteiger partial charge in [-0.3, -0.25) is 0 Å². The summed E-state index contributed by atoms with van der Waals surface area (Å²) in [4.78, 5) is 0. The molecule has 2 fully saturated rings. The van der Waals surface area contributed by atoms with Gasteiger partial charge in [0.2, 0.25) is 0 Å². The molecule has 2 aliphatic carbocycles. The molecule has 146 valence electrons. The molecule has 0 saturated heterocycles. The van der Waals surface area contributed by atoms with Gasteiger partial charge >= 0.3 is 0 Å². The van der Waals surface area contributed by atoms with Gasteiger partial charge in [0, 0.05) is 0 Å². The summed E-state index contributed by atoms with van der Waals surface area (Å²) < 4.78 is 0. The van der Waals surface area contributed by atoms with Crippen molar-refractivity contribution in [1.29, 1.82) is 0 Å². The molecule has 0 aromatic heterocycles. The first-order chi connectivity index (χ1) is 11.8. The number of allylic oxidation sites excluding steroid dienone is 2. The third-order valence-corrected chi connectivity index (χ3v) is 5.99. The van der Waals surface area contributed by atoms with E-state index in [1.807, 2.05) is 0 Å². The monoisotopic (exact) mass is 347 g/mol. The van der Waals surface area contributed by atoms with Crippen molar-refractivity contribution >= 4 is 0 Å². The van der Waals surface area contributed by atoms with Crippen LogP contribution in [0.3, 0.4) is 0 Å². The van der Waals surface area contributed by atoms with Crippen LogP contribution in [0.25, 0.3) is 0 Å². The first-order valence-electron chi connectivity index (χ1n) is 10.7. The van der Waals surface area contributed by atoms with Gasteiger partial charge in [0.1, 0.15) is 0 Å². The summed E-state index contributed by atoms with van der Waals surface area (Å²) >= 11 is 0. The van der Waals surface area contributed by atoms with Gasteiger partial charge in [-0.1, -0.05) is 85.1 Å². The van der Waals surface area contributed by atoms with Gasteiger partial charge in [-0.2, -0.15) is 0 Å². The van der Waals surface area contributed by atoms with E-state index in [-0.39, 0.29) is 0 Å². The van der Waals surface area contributed by atoms with Gasteiger partial charge in [-0.25, -0.2) is 0 Å². The average molecular weight is 348 g/mol. The lowest BCUT2D eigenvalue weighted by Crippen LogP contribution is -2.35. The standard InChI is InChI=1S/C20H39N.C4H6/c1-19(2)14-18(15-20(3,4)16-19)11-13-21-12-10-17-8-6-5-7-9-17;1-3-4-2/h17-18,21H,5-16H2,1-4H3;3-4H,1-2H2. The Kier molecular flexibility index (Phi) is 10.1. The lowest BCUT2D eigenvalue weighted by Gasteiger charge is -2.45. The number of rotatable bonds is 7. The number of hydrogen-bond acceptors (Lipinski definition) is 1. The second-order valence-electron chi connectivity index (χ2n) is 10.1. The summed E-state index contributed by atoms with van der Waals surface area (Å²) in [7, 11) is 0. The molecule has 0 radical (unpaired) electrons.